The molecule has 98 valence electrons. The summed E-state index contributed by atoms with van der Waals surface area (Å²) in [6, 6.07) is 5.40. The van der Waals surface area contributed by atoms with E-state index in [2.05, 4.69) is 0 Å². The van der Waals surface area contributed by atoms with E-state index in [1.165, 1.54) is 24.3 Å². The Balaban J connectivity index is 2.70. The Morgan fingerprint density at radius 1 is 1.44 bits per heavy atom. The summed E-state index contributed by atoms with van der Waals surface area (Å²) < 4.78 is 0. The quantitative estimate of drug-likeness (QED) is 0.465. The molecular weight excluding hydrogens is 236 g/mol. The van der Waals surface area contributed by atoms with Crippen LogP contribution in [0.5, 0.6) is 0 Å². The summed E-state index contributed by atoms with van der Waals surface area (Å²) in [5, 5.41) is 19.4. The van der Waals surface area contributed by atoms with Crippen LogP contribution in [0.4, 0.5) is 5.69 Å². The molecule has 0 saturated heterocycles. The first-order chi connectivity index (χ1) is 8.45. The van der Waals surface area contributed by atoms with Crippen LogP contribution in [0.15, 0.2) is 24.3 Å². The highest BCUT2D eigenvalue weighted by Crippen LogP contribution is 2.12. The van der Waals surface area contributed by atoms with Crippen LogP contribution in [0.2, 0.25) is 0 Å². The summed E-state index contributed by atoms with van der Waals surface area (Å²) in [7, 11) is 1.74. The number of carbonyl (C=O) groups excluding carboxylic acids is 1. The number of hydrogen-bond donors (Lipinski definition) is 1. The average molecular weight is 252 g/mol. The van der Waals surface area contributed by atoms with Crippen molar-refractivity contribution in [2.45, 2.75) is 13.0 Å². The predicted molar refractivity (Wildman–Crippen MR) is 66.6 cm³/mol. The molecule has 0 aromatic heterocycles. The number of likely N-dealkylation sites (N-methyl/N-ethyl adjacent to an activating group) is 1. The van der Waals surface area contributed by atoms with E-state index in [0.29, 0.717) is 5.56 Å². The number of aliphatic hydroxyl groups is 1. The topological polar surface area (TPSA) is 83.7 Å². The first kappa shape index (κ1) is 14.3. The molecule has 1 aromatic carbocycles. The normalized spacial score (nSPS) is 12.4. The Morgan fingerprint density at radius 2 is 2.00 bits per heavy atom. The van der Waals surface area contributed by atoms with Crippen LogP contribution in [0, 0.1) is 10.1 Å². The molecule has 0 spiro atoms. The van der Waals surface area contributed by atoms with E-state index in [0.717, 1.165) is 0 Å². The summed E-state index contributed by atoms with van der Waals surface area (Å²) in [5.41, 5.74) is 0.390. The van der Waals surface area contributed by atoms with Gasteiger partial charge in [0.2, 0.25) is 0 Å². The number of ketones is 1. The van der Waals surface area contributed by atoms with E-state index in [4.69, 9.17) is 5.11 Å². The molecule has 1 unspecified atom stereocenters. The fraction of sp³-hybridized carbons (Fsp3) is 0.417. The summed E-state index contributed by atoms with van der Waals surface area (Å²) in [6.45, 7) is 1.95. The lowest BCUT2D eigenvalue weighted by Gasteiger charge is -2.21. The third-order valence-corrected chi connectivity index (χ3v) is 2.81. The number of nitro benzene ring substituents is 1. The van der Waals surface area contributed by atoms with E-state index in [-0.39, 0.29) is 30.7 Å². The number of carbonyl (C=O) groups is 1. The van der Waals surface area contributed by atoms with Gasteiger partial charge in [0.05, 0.1) is 18.1 Å². The highest BCUT2D eigenvalue weighted by atomic mass is 16.6. The van der Waals surface area contributed by atoms with Crippen molar-refractivity contribution in [3.05, 3.63) is 39.9 Å². The van der Waals surface area contributed by atoms with Crippen molar-refractivity contribution in [2.24, 2.45) is 0 Å². The second-order valence-corrected chi connectivity index (χ2v) is 4.17. The highest BCUT2D eigenvalue weighted by Gasteiger charge is 2.14. The van der Waals surface area contributed by atoms with Gasteiger partial charge in [0.25, 0.3) is 5.69 Å². The van der Waals surface area contributed by atoms with Gasteiger partial charge in [-0.25, -0.2) is 0 Å². The van der Waals surface area contributed by atoms with E-state index in [9.17, 15) is 14.9 Å². The Labute approximate surface area is 105 Å². The maximum absolute atomic E-state index is 11.9. The molecule has 0 aliphatic rings. The molecule has 1 N–H and O–H groups in total. The molecule has 0 heterocycles. The van der Waals surface area contributed by atoms with Crippen LogP contribution in [0.3, 0.4) is 0 Å². The fourth-order valence-electron chi connectivity index (χ4n) is 1.38. The van der Waals surface area contributed by atoms with E-state index in [1.54, 1.807) is 11.9 Å². The summed E-state index contributed by atoms with van der Waals surface area (Å²) in [5.74, 6) is -0.132. The molecule has 1 aromatic rings. The van der Waals surface area contributed by atoms with Gasteiger partial charge in [-0.15, -0.1) is 0 Å². The van der Waals surface area contributed by atoms with Gasteiger partial charge in [-0.05, 0) is 26.1 Å². The molecule has 0 amide bonds. The van der Waals surface area contributed by atoms with Gasteiger partial charge in [0.15, 0.2) is 5.78 Å². The fourth-order valence-corrected chi connectivity index (χ4v) is 1.38. The van der Waals surface area contributed by atoms with Crippen molar-refractivity contribution in [1.29, 1.82) is 0 Å². The Kier molecular flexibility index (Phi) is 4.94. The van der Waals surface area contributed by atoms with Crippen LogP contribution in [-0.4, -0.2) is 47.0 Å². The molecule has 18 heavy (non-hydrogen) atoms. The second kappa shape index (κ2) is 6.23. The molecule has 0 saturated carbocycles. The van der Waals surface area contributed by atoms with E-state index in [1.807, 2.05) is 6.92 Å². The molecular formula is C12H16N2O4. The first-order valence-corrected chi connectivity index (χ1v) is 5.54. The Hall–Kier alpha value is -1.79. The molecule has 0 radical (unpaired) electrons. The maximum atomic E-state index is 11.9. The van der Waals surface area contributed by atoms with Gasteiger partial charge in [0.1, 0.15) is 0 Å². The third-order valence-electron chi connectivity index (χ3n) is 2.81. The van der Waals surface area contributed by atoms with Gasteiger partial charge in [-0.3, -0.25) is 19.8 Å². The number of rotatable bonds is 6. The van der Waals surface area contributed by atoms with Gasteiger partial charge >= 0.3 is 0 Å². The average Bonchev–Trinajstić information content (AvgIpc) is 2.37. The summed E-state index contributed by atoms with van der Waals surface area (Å²) in [6.07, 6.45) is 0. The largest absolute Gasteiger partial charge is 0.395 e. The van der Waals surface area contributed by atoms with Crippen molar-refractivity contribution in [3.8, 4) is 0 Å². The van der Waals surface area contributed by atoms with Gasteiger partial charge in [-0.1, -0.05) is 0 Å². The van der Waals surface area contributed by atoms with E-state index >= 15 is 0 Å². The van der Waals surface area contributed by atoms with Crippen molar-refractivity contribution in [1.82, 2.24) is 4.90 Å². The zero-order valence-corrected chi connectivity index (χ0v) is 10.4. The number of non-ortho nitro benzene ring substituents is 1. The maximum Gasteiger partial charge on any atom is 0.269 e. The third kappa shape index (κ3) is 3.61. The summed E-state index contributed by atoms with van der Waals surface area (Å²) >= 11 is 0. The van der Waals surface area contributed by atoms with Crippen molar-refractivity contribution < 1.29 is 14.8 Å². The zero-order chi connectivity index (χ0) is 13.7. The number of nitrogens with zero attached hydrogens (tertiary/aromatic N) is 2. The lowest BCUT2D eigenvalue weighted by molar-refractivity contribution is -0.384. The molecule has 0 aliphatic heterocycles. The smallest absolute Gasteiger partial charge is 0.269 e. The summed E-state index contributed by atoms with van der Waals surface area (Å²) in [4.78, 5) is 23.6. The Morgan fingerprint density at radius 3 is 2.44 bits per heavy atom. The standard InChI is InChI=1S/C12H16N2O4/c1-9(8-15)13(2)7-12(16)10-3-5-11(6-4-10)14(17)18/h3-6,9,15H,7-8H2,1-2H3. The van der Waals surface area contributed by atoms with Crippen LogP contribution in [0.25, 0.3) is 0 Å². The lowest BCUT2D eigenvalue weighted by atomic mass is 10.1. The molecule has 1 rings (SSSR count). The molecule has 1 atom stereocenters. The molecule has 6 nitrogen and oxygen atoms in total. The number of Topliss-reactive ketones (excluding diaryl/α,β-unsaturated/α-hetero) is 1. The monoisotopic (exact) mass is 252 g/mol. The SMILES string of the molecule is CC(CO)N(C)CC(=O)c1ccc([N+](=O)[O-])cc1. The second-order valence-electron chi connectivity index (χ2n) is 4.17. The minimum atomic E-state index is -0.506. The minimum absolute atomic E-state index is 0.0238. The number of benzene rings is 1. The zero-order valence-electron chi connectivity index (χ0n) is 10.4. The van der Waals surface area contributed by atoms with Crippen LogP contribution >= 0.6 is 0 Å². The van der Waals surface area contributed by atoms with Crippen molar-refractivity contribution in [3.63, 3.8) is 0 Å². The molecule has 0 aliphatic carbocycles. The van der Waals surface area contributed by atoms with Crippen LogP contribution in [0.1, 0.15) is 17.3 Å². The number of nitro groups is 1. The molecule has 0 fully saturated rings. The van der Waals surface area contributed by atoms with Crippen molar-refractivity contribution >= 4 is 11.5 Å². The number of aliphatic hydroxyl groups excluding tert-OH is 1. The van der Waals surface area contributed by atoms with Crippen LogP contribution in [-0.2, 0) is 0 Å². The van der Waals surface area contributed by atoms with Gasteiger partial charge in [0, 0.05) is 23.7 Å². The van der Waals surface area contributed by atoms with Gasteiger partial charge < -0.3 is 5.11 Å². The predicted octanol–water partition coefficient (Wildman–Crippen LogP) is 1.09. The highest BCUT2D eigenvalue weighted by molar-refractivity contribution is 5.97. The lowest BCUT2D eigenvalue weighted by Crippen LogP contribution is -2.36. The van der Waals surface area contributed by atoms with Crippen molar-refractivity contribution in [2.75, 3.05) is 20.2 Å². The van der Waals surface area contributed by atoms with Crippen LogP contribution < -0.4 is 0 Å². The minimum Gasteiger partial charge on any atom is -0.395 e. The Bertz CT molecular complexity index is 430. The number of hydrogen-bond acceptors (Lipinski definition) is 5. The van der Waals surface area contributed by atoms with Gasteiger partial charge in [-0.2, -0.15) is 0 Å². The van der Waals surface area contributed by atoms with E-state index < -0.39 is 4.92 Å². The first-order valence-electron chi connectivity index (χ1n) is 5.54. The molecule has 0 bridgehead atoms. The molecule has 6 heteroatoms.